The van der Waals surface area contributed by atoms with Gasteiger partial charge in [-0.2, -0.15) is 0 Å². The topological polar surface area (TPSA) is 31.8 Å². The third-order valence-corrected chi connectivity index (χ3v) is 18.3. The highest BCUT2D eigenvalue weighted by atomic mass is 16.5. The van der Waals surface area contributed by atoms with Gasteiger partial charge in [0.25, 0.3) is 0 Å². The van der Waals surface area contributed by atoms with Gasteiger partial charge in [-0.3, -0.25) is 4.90 Å². The van der Waals surface area contributed by atoms with Crippen molar-refractivity contribution in [3.05, 3.63) is 296 Å². The van der Waals surface area contributed by atoms with Crippen molar-refractivity contribution >= 4 is 39.9 Å². The van der Waals surface area contributed by atoms with Crippen LogP contribution in [0.25, 0.3) is 0 Å². The first kappa shape index (κ1) is 49.4. The first-order valence-corrected chi connectivity index (χ1v) is 29.1. The molecule has 9 aromatic carbocycles. The minimum absolute atomic E-state index is 0.00209. The quantitative estimate of drug-likeness (QED) is 0.159. The molecule has 81 heavy (non-hydrogen) atoms. The molecule has 0 amide bonds. The van der Waals surface area contributed by atoms with Crippen LogP contribution in [0.15, 0.2) is 212 Å². The number of aromatic nitrogens is 1. The van der Waals surface area contributed by atoms with Gasteiger partial charge in [-0.1, -0.05) is 208 Å². The monoisotopic (exact) mass is 1050 g/mol. The van der Waals surface area contributed by atoms with E-state index in [2.05, 4.69) is 283 Å². The zero-order valence-electron chi connectivity index (χ0n) is 47.9. The first-order valence-electron chi connectivity index (χ1n) is 29.1. The summed E-state index contributed by atoms with van der Waals surface area (Å²) in [6, 6.07) is 77.6. The van der Waals surface area contributed by atoms with E-state index in [1.807, 2.05) is 6.20 Å². The van der Waals surface area contributed by atoms with Gasteiger partial charge in [0.05, 0.1) is 22.7 Å². The zero-order chi connectivity index (χ0) is 55.3. The molecule has 1 aliphatic heterocycles. The molecule has 0 radical (unpaired) electrons. The number of anilines is 7. The molecule has 4 bridgehead atoms. The number of para-hydroxylation sites is 4. The second-order valence-electron chi connectivity index (χ2n) is 26.3. The number of pyridine rings is 1. The highest BCUT2D eigenvalue weighted by Crippen LogP contribution is 2.63. The molecule has 5 nitrogen and oxygen atoms in total. The minimum atomic E-state index is -0.0957. The van der Waals surface area contributed by atoms with Crippen molar-refractivity contribution in [2.24, 2.45) is 0 Å². The molecule has 17 rings (SSSR count). The van der Waals surface area contributed by atoms with Gasteiger partial charge in [0.2, 0.25) is 0 Å². The van der Waals surface area contributed by atoms with Gasteiger partial charge >= 0.3 is 0 Å². The molecule has 0 atom stereocenters. The molecule has 7 aliphatic rings. The van der Waals surface area contributed by atoms with Crippen LogP contribution in [-0.2, 0) is 16.2 Å². The number of hydrogen-bond donors (Lipinski definition) is 0. The SMILES string of the molecule is CC(C)(C)c1ccnc(N(c2ccccc2)c2cc(Oc3cc(N4CN(c5c(C(C)(C)C)cccc5C(C)(C)C)c5ccccc54)cc4c3C3c5ccccc5C4c4ccccc43)c3c(c2)C2c4ccccc4C3c3ccccc32)c1. The van der Waals surface area contributed by atoms with Crippen LogP contribution in [0.4, 0.5) is 39.9 Å². The Hall–Kier alpha value is -8.67. The van der Waals surface area contributed by atoms with E-state index in [1.165, 1.54) is 101 Å². The van der Waals surface area contributed by atoms with Gasteiger partial charge in [-0.25, -0.2) is 4.98 Å². The largest absolute Gasteiger partial charge is 0.457 e. The van der Waals surface area contributed by atoms with Crippen molar-refractivity contribution in [1.82, 2.24) is 4.98 Å². The summed E-state index contributed by atoms with van der Waals surface area (Å²) >= 11 is 0. The molecule has 1 aromatic heterocycles. The Labute approximate surface area is 478 Å². The van der Waals surface area contributed by atoms with Crippen molar-refractivity contribution in [1.29, 1.82) is 0 Å². The lowest BCUT2D eigenvalue weighted by Gasteiger charge is -2.44. The number of hydrogen-bond acceptors (Lipinski definition) is 5. The van der Waals surface area contributed by atoms with E-state index in [0.717, 1.165) is 34.4 Å². The van der Waals surface area contributed by atoms with Gasteiger partial charge in [0, 0.05) is 64.5 Å². The van der Waals surface area contributed by atoms with Crippen molar-refractivity contribution < 1.29 is 4.74 Å². The summed E-state index contributed by atoms with van der Waals surface area (Å²) in [5.74, 6) is 2.59. The third-order valence-electron chi connectivity index (χ3n) is 18.3. The molecular formula is C76H68N4O. The fourth-order valence-corrected chi connectivity index (χ4v) is 14.7. The fourth-order valence-electron chi connectivity index (χ4n) is 14.7. The lowest BCUT2D eigenvalue weighted by molar-refractivity contribution is 0.461. The van der Waals surface area contributed by atoms with Crippen molar-refractivity contribution in [2.45, 2.75) is 102 Å². The smallest absolute Gasteiger partial charge is 0.137 e. The third kappa shape index (κ3) is 7.60. The molecule has 398 valence electrons. The Morgan fingerprint density at radius 2 is 0.840 bits per heavy atom. The number of fused-ring (bicyclic) bond motifs is 1. The van der Waals surface area contributed by atoms with Crippen molar-refractivity contribution in [3.8, 4) is 11.5 Å². The van der Waals surface area contributed by atoms with Crippen molar-refractivity contribution in [3.63, 3.8) is 0 Å². The Morgan fingerprint density at radius 1 is 0.395 bits per heavy atom. The Morgan fingerprint density at radius 3 is 1.33 bits per heavy atom. The van der Waals surface area contributed by atoms with Gasteiger partial charge in [-0.05, 0) is 137 Å². The summed E-state index contributed by atoms with van der Waals surface area (Å²) in [5, 5.41) is 0. The van der Waals surface area contributed by atoms with E-state index in [0.29, 0.717) is 6.67 Å². The van der Waals surface area contributed by atoms with Gasteiger partial charge in [0.1, 0.15) is 24.0 Å². The summed E-state index contributed by atoms with van der Waals surface area (Å²) in [5.41, 5.74) is 26.4. The molecule has 5 heteroatoms. The van der Waals surface area contributed by atoms with Gasteiger partial charge in [-0.15, -0.1) is 0 Å². The minimum Gasteiger partial charge on any atom is -0.457 e. The molecule has 0 saturated carbocycles. The molecule has 6 aliphatic carbocycles. The first-order chi connectivity index (χ1) is 39.1. The molecule has 0 spiro atoms. The zero-order valence-corrected chi connectivity index (χ0v) is 47.9. The number of benzene rings is 9. The van der Waals surface area contributed by atoms with Crippen LogP contribution in [0.2, 0.25) is 0 Å². The summed E-state index contributed by atoms with van der Waals surface area (Å²) < 4.78 is 8.22. The van der Waals surface area contributed by atoms with Crippen LogP contribution < -0.4 is 19.4 Å². The van der Waals surface area contributed by atoms with E-state index in [9.17, 15) is 0 Å². The molecular weight excluding hydrogens is 985 g/mol. The molecule has 0 fully saturated rings. The van der Waals surface area contributed by atoms with Crippen LogP contribution in [-0.4, -0.2) is 11.7 Å². The molecule has 2 heterocycles. The van der Waals surface area contributed by atoms with Crippen LogP contribution in [0.3, 0.4) is 0 Å². The van der Waals surface area contributed by atoms with E-state index in [1.54, 1.807) is 0 Å². The standard InChI is InChI=1S/C76H68N4O/c1-74(2,3)46-38-39-77-66(40-46)80(47-24-11-10-12-25-47)49-42-59-68-52-28-15-19-32-56(52)70(57-33-20-16-29-53(57)68)72(59)65(44-49)81-64-43-48(41-58-67-50-26-13-17-30-54(50)69(71(58)64)55-31-18-14-27-51(55)67)78-45-79(63-37-22-21-36-62(63)78)73-60(75(4,5)6)34-23-35-61(73)76(7,8)9/h10-44,67-70H,45H2,1-9H3. The van der Waals surface area contributed by atoms with E-state index in [4.69, 9.17) is 9.72 Å². The Kier molecular flexibility index (Phi) is 10.9. The lowest BCUT2D eigenvalue weighted by Crippen LogP contribution is -2.31. The van der Waals surface area contributed by atoms with Crippen LogP contribution in [0, 0.1) is 0 Å². The highest BCUT2D eigenvalue weighted by molar-refractivity contribution is 5.90. The van der Waals surface area contributed by atoms with Crippen molar-refractivity contribution in [2.75, 3.05) is 21.4 Å². The Bertz CT molecular complexity index is 4060. The molecule has 0 N–H and O–H groups in total. The van der Waals surface area contributed by atoms with Crippen LogP contribution in [0.5, 0.6) is 11.5 Å². The summed E-state index contributed by atoms with van der Waals surface area (Å²) in [6.07, 6.45) is 1.97. The molecule has 10 aromatic rings. The van der Waals surface area contributed by atoms with Crippen LogP contribution >= 0.6 is 0 Å². The maximum Gasteiger partial charge on any atom is 0.137 e. The van der Waals surface area contributed by atoms with Gasteiger partial charge in [0.15, 0.2) is 0 Å². The average Bonchev–Trinajstić information content (AvgIpc) is 2.34. The molecule has 0 unspecified atom stereocenters. The second-order valence-corrected chi connectivity index (χ2v) is 26.3. The van der Waals surface area contributed by atoms with Crippen LogP contribution in [0.1, 0.15) is 169 Å². The summed E-state index contributed by atoms with van der Waals surface area (Å²) in [6.45, 7) is 21.6. The maximum absolute atomic E-state index is 8.22. The van der Waals surface area contributed by atoms with E-state index < -0.39 is 0 Å². The average molecular weight is 1050 g/mol. The summed E-state index contributed by atoms with van der Waals surface area (Å²) in [7, 11) is 0. The predicted molar refractivity (Wildman–Crippen MR) is 333 cm³/mol. The Balaban J connectivity index is 0.992. The van der Waals surface area contributed by atoms with Gasteiger partial charge < -0.3 is 14.5 Å². The second kappa shape index (κ2) is 17.9. The normalized spacial score (nSPS) is 17.8. The lowest BCUT2D eigenvalue weighted by atomic mass is 9.60. The molecule has 0 saturated heterocycles. The fraction of sp³-hybridized carbons (Fsp3) is 0.224. The maximum atomic E-state index is 8.22. The predicted octanol–water partition coefficient (Wildman–Crippen LogP) is 19.5. The number of rotatable bonds is 7. The van der Waals surface area contributed by atoms with E-state index >= 15 is 0 Å². The summed E-state index contributed by atoms with van der Waals surface area (Å²) in [4.78, 5) is 12.7. The number of nitrogens with zero attached hydrogens (tertiary/aromatic N) is 4. The highest BCUT2D eigenvalue weighted by Gasteiger charge is 2.47. The van der Waals surface area contributed by atoms with E-state index in [-0.39, 0.29) is 39.9 Å². The number of ether oxygens (including phenoxy) is 1.